The van der Waals surface area contributed by atoms with Gasteiger partial charge in [0.1, 0.15) is 10.7 Å². The number of rotatable bonds is 13. The zero-order valence-corrected chi connectivity index (χ0v) is 17.9. The predicted octanol–water partition coefficient (Wildman–Crippen LogP) is 1.22. The van der Waals surface area contributed by atoms with Gasteiger partial charge in [-0.1, -0.05) is 18.2 Å². The molecule has 0 aliphatic rings. The summed E-state index contributed by atoms with van der Waals surface area (Å²) in [5.74, 6) is 0.159. The molecular weight excluding hydrogens is 420 g/mol. The molecule has 0 radical (unpaired) electrons. The lowest BCUT2D eigenvalue weighted by Crippen LogP contribution is -2.27. The summed E-state index contributed by atoms with van der Waals surface area (Å²) in [5, 5.41) is 10.1. The summed E-state index contributed by atoms with van der Waals surface area (Å²) in [7, 11) is -4.35. The van der Waals surface area contributed by atoms with Crippen molar-refractivity contribution in [2.24, 2.45) is 10.8 Å². The second-order valence-corrected chi connectivity index (χ2v) is 8.06. The van der Waals surface area contributed by atoms with Gasteiger partial charge in [0.05, 0.1) is 11.8 Å². The molecule has 168 valence electrons. The molecule has 1 heterocycles. The van der Waals surface area contributed by atoms with Crippen molar-refractivity contribution in [2.75, 3.05) is 31.6 Å². The smallest absolute Gasteiger partial charge is 0.295 e. The molecule has 2 rings (SSSR count). The van der Waals surface area contributed by atoms with Crippen molar-refractivity contribution < 1.29 is 17.8 Å². The van der Waals surface area contributed by atoms with E-state index in [2.05, 4.69) is 26.1 Å². The van der Waals surface area contributed by atoms with E-state index in [1.807, 2.05) is 0 Å². The minimum Gasteiger partial charge on any atom is -0.352 e. The van der Waals surface area contributed by atoms with E-state index in [1.165, 1.54) is 30.6 Å². The van der Waals surface area contributed by atoms with E-state index in [0.717, 1.165) is 32.4 Å². The topological polar surface area (TPSA) is 159 Å². The van der Waals surface area contributed by atoms with E-state index in [1.54, 1.807) is 18.2 Å². The molecular formula is C20H28N6O4S. The Bertz CT molecular complexity index is 964. The number of carbonyl (C=O) groups is 1. The van der Waals surface area contributed by atoms with E-state index in [0.29, 0.717) is 24.5 Å². The Labute approximate surface area is 182 Å². The minimum atomic E-state index is -4.35. The van der Waals surface area contributed by atoms with Crippen LogP contribution >= 0.6 is 0 Å². The molecule has 0 spiro atoms. The van der Waals surface area contributed by atoms with Crippen molar-refractivity contribution in [2.45, 2.75) is 24.2 Å². The number of nitrogens with one attached hydrogen (secondary N) is 3. The lowest BCUT2D eigenvalue weighted by molar-refractivity contribution is 0.0953. The summed E-state index contributed by atoms with van der Waals surface area (Å²) in [6, 6.07) is 9.10. The average Bonchev–Trinajstić information content (AvgIpc) is 2.75. The molecule has 0 unspecified atom stereocenters. The van der Waals surface area contributed by atoms with E-state index in [9.17, 15) is 17.8 Å². The second-order valence-electron chi connectivity index (χ2n) is 6.67. The lowest BCUT2D eigenvalue weighted by atomic mass is 10.2. The number of amides is 1. The number of pyridine rings is 1. The molecule has 1 aromatic carbocycles. The Morgan fingerprint density at radius 2 is 1.87 bits per heavy atom. The first-order valence-electron chi connectivity index (χ1n) is 9.92. The van der Waals surface area contributed by atoms with Gasteiger partial charge in [0.15, 0.2) is 0 Å². The summed E-state index contributed by atoms with van der Waals surface area (Å²) < 4.78 is 32.0. The maximum Gasteiger partial charge on any atom is 0.295 e. The number of aromatic nitrogens is 1. The van der Waals surface area contributed by atoms with Crippen LogP contribution in [0.1, 0.15) is 35.2 Å². The molecule has 0 fully saturated rings. The van der Waals surface area contributed by atoms with E-state index >= 15 is 0 Å². The summed E-state index contributed by atoms with van der Waals surface area (Å²) in [6.45, 7) is 3.01. The van der Waals surface area contributed by atoms with Crippen molar-refractivity contribution in [3.63, 3.8) is 0 Å². The Morgan fingerprint density at radius 1 is 1.10 bits per heavy atom. The highest BCUT2D eigenvalue weighted by atomic mass is 32.2. The number of nitrogens with zero attached hydrogens (tertiary/aromatic N) is 2. The fourth-order valence-electron chi connectivity index (χ4n) is 2.62. The van der Waals surface area contributed by atoms with Crippen LogP contribution < -0.4 is 21.8 Å². The summed E-state index contributed by atoms with van der Waals surface area (Å²) in [4.78, 5) is 16.0. The van der Waals surface area contributed by atoms with Crippen LogP contribution in [0.15, 0.2) is 52.6 Å². The minimum absolute atomic E-state index is 0.215. The third-order valence-electron chi connectivity index (χ3n) is 4.23. The van der Waals surface area contributed by atoms with E-state index in [4.69, 9.17) is 5.73 Å². The molecule has 0 atom stereocenters. The van der Waals surface area contributed by atoms with Gasteiger partial charge in [-0.05, 0) is 57.1 Å². The largest absolute Gasteiger partial charge is 0.352 e. The third-order valence-corrected chi connectivity index (χ3v) is 5.16. The van der Waals surface area contributed by atoms with Gasteiger partial charge in [0.2, 0.25) is 0 Å². The molecule has 1 amide bonds. The lowest BCUT2D eigenvalue weighted by Gasteiger charge is -2.07. The van der Waals surface area contributed by atoms with Crippen LogP contribution in [0.4, 0.5) is 5.82 Å². The molecule has 0 aliphatic carbocycles. The van der Waals surface area contributed by atoms with Crippen LogP contribution in [0.25, 0.3) is 0 Å². The van der Waals surface area contributed by atoms with Gasteiger partial charge in [-0.2, -0.15) is 13.5 Å². The van der Waals surface area contributed by atoms with Gasteiger partial charge >= 0.3 is 0 Å². The van der Waals surface area contributed by atoms with Crippen LogP contribution in [0.3, 0.4) is 0 Å². The summed E-state index contributed by atoms with van der Waals surface area (Å²) in [6.07, 6.45) is 5.55. The number of anilines is 1. The summed E-state index contributed by atoms with van der Waals surface area (Å²) >= 11 is 0. The first-order chi connectivity index (χ1) is 14.9. The first kappa shape index (κ1) is 24.4. The molecule has 6 N–H and O–H groups in total. The van der Waals surface area contributed by atoms with Crippen molar-refractivity contribution >= 4 is 28.1 Å². The van der Waals surface area contributed by atoms with Gasteiger partial charge in [0.25, 0.3) is 16.0 Å². The number of unbranched alkanes of at least 4 members (excludes halogenated alkanes) is 1. The highest BCUT2D eigenvalue weighted by Crippen LogP contribution is 2.13. The van der Waals surface area contributed by atoms with Crippen LogP contribution in [0.5, 0.6) is 0 Å². The molecule has 0 aliphatic heterocycles. The Morgan fingerprint density at radius 3 is 2.58 bits per heavy atom. The molecule has 11 heteroatoms. The number of carbonyl (C=O) groups excluding carboxylic acids is 1. The van der Waals surface area contributed by atoms with Crippen molar-refractivity contribution in [3.8, 4) is 0 Å². The molecule has 10 nitrogen and oxygen atoms in total. The molecule has 0 saturated carbocycles. The van der Waals surface area contributed by atoms with Gasteiger partial charge in [0, 0.05) is 18.3 Å². The van der Waals surface area contributed by atoms with E-state index < -0.39 is 10.1 Å². The van der Waals surface area contributed by atoms with Gasteiger partial charge in [-0.25, -0.2) is 4.98 Å². The Hall–Kier alpha value is -2.86. The average molecular weight is 449 g/mol. The standard InChI is InChI=1S/C20H28N6O4S/c21-10-3-4-11-22-12-5-13-23-20(27)17-8-9-19(24-14-17)26-25-15-16-6-1-2-7-18(16)31(28,29)30/h1-2,6-9,14-15,22H,3-5,10-13,21H2,(H,23,27)(H,24,26)(H,28,29,30). The molecule has 0 bridgehead atoms. The second kappa shape index (κ2) is 12.7. The Balaban J connectivity index is 1.78. The number of hydrogen-bond donors (Lipinski definition) is 5. The van der Waals surface area contributed by atoms with Gasteiger partial charge < -0.3 is 16.4 Å². The number of hydrogen-bond acceptors (Lipinski definition) is 8. The highest BCUT2D eigenvalue weighted by Gasteiger charge is 2.13. The number of hydrazone groups is 1. The van der Waals surface area contributed by atoms with Crippen molar-refractivity contribution in [1.29, 1.82) is 0 Å². The van der Waals surface area contributed by atoms with Crippen molar-refractivity contribution in [3.05, 3.63) is 53.7 Å². The number of nitrogens with two attached hydrogens (primary N) is 1. The van der Waals surface area contributed by atoms with Crippen LogP contribution in [0.2, 0.25) is 0 Å². The molecule has 2 aromatic rings. The summed E-state index contributed by atoms with van der Waals surface area (Å²) in [5.41, 5.74) is 8.73. The van der Waals surface area contributed by atoms with Crippen LogP contribution in [-0.2, 0) is 10.1 Å². The SMILES string of the molecule is NCCCCNCCCNC(=O)c1ccc(NN=Cc2ccccc2S(=O)(=O)O)nc1. The first-order valence-corrected chi connectivity index (χ1v) is 11.4. The maximum atomic E-state index is 12.1. The van der Waals surface area contributed by atoms with Crippen molar-refractivity contribution in [1.82, 2.24) is 15.6 Å². The normalized spacial score (nSPS) is 11.5. The van der Waals surface area contributed by atoms with Gasteiger partial charge in [-0.15, -0.1) is 0 Å². The zero-order valence-electron chi connectivity index (χ0n) is 17.1. The van der Waals surface area contributed by atoms with Crippen LogP contribution in [-0.4, -0.2) is 56.3 Å². The fourth-order valence-corrected chi connectivity index (χ4v) is 3.29. The fraction of sp³-hybridized carbons (Fsp3) is 0.350. The quantitative estimate of drug-likeness (QED) is 0.132. The monoisotopic (exact) mass is 448 g/mol. The van der Waals surface area contributed by atoms with Crippen LogP contribution in [0, 0.1) is 0 Å². The zero-order chi connectivity index (χ0) is 22.5. The van der Waals surface area contributed by atoms with Gasteiger partial charge in [-0.3, -0.25) is 14.8 Å². The molecule has 31 heavy (non-hydrogen) atoms. The molecule has 0 saturated heterocycles. The van der Waals surface area contributed by atoms with E-state index in [-0.39, 0.29) is 16.4 Å². The number of benzene rings is 1. The molecule has 1 aromatic heterocycles. The Kier molecular flexibility index (Phi) is 10.0. The maximum absolute atomic E-state index is 12.1. The highest BCUT2D eigenvalue weighted by molar-refractivity contribution is 7.86. The third kappa shape index (κ3) is 8.80. The predicted molar refractivity (Wildman–Crippen MR) is 120 cm³/mol.